The smallest absolute Gasteiger partial charge is 0.258 e. The van der Waals surface area contributed by atoms with Gasteiger partial charge in [-0.3, -0.25) is 4.79 Å². The third kappa shape index (κ3) is 1.42. The van der Waals surface area contributed by atoms with Crippen molar-refractivity contribution in [1.29, 1.82) is 0 Å². The molecular formula is C5H3Cl2NOS. The summed E-state index contributed by atoms with van der Waals surface area (Å²) < 4.78 is 0.399. The molecular weight excluding hydrogens is 193 g/mol. The Balaban J connectivity index is 3.10. The van der Waals surface area contributed by atoms with Crippen molar-refractivity contribution in [2.24, 2.45) is 5.73 Å². The van der Waals surface area contributed by atoms with Crippen molar-refractivity contribution in [2.75, 3.05) is 0 Å². The van der Waals surface area contributed by atoms with E-state index in [0.717, 1.165) is 11.3 Å². The highest BCUT2D eigenvalue weighted by Crippen LogP contribution is 2.30. The summed E-state index contributed by atoms with van der Waals surface area (Å²) in [5.41, 5.74) is 4.95. The molecule has 2 nitrogen and oxygen atoms in total. The van der Waals surface area contributed by atoms with E-state index in [1.54, 1.807) is 0 Å². The molecule has 54 valence electrons. The third-order valence-corrected chi connectivity index (χ3v) is 2.77. The Kier molecular flexibility index (Phi) is 2.18. The molecule has 0 spiro atoms. The Morgan fingerprint density at radius 2 is 2.20 bits per heavy atom. The summed E-state index contributed by atoms with van der Waals surface area (Å²) >= 11 is 12.2. The third-order valence-electron chi connectivity index (χ3n) is 0.888. The van der Waals surface area contributed by atoms with E-state index >= 15 is 0 Å². The van der Waals surface area contributed by atoms with Gasteiger partial charge in [0.2, 0.25) is 0 Å². The van der Waals surface area contributed by atoms with E-state index in [-0.39, 0.29) is 0 Å². The van der Waals surface area contributed by atoms with Crippen molar-refractivity contribution >= 4 is 40.4 Å². The molecule has 0 saturated heterocycles. The minimum Gasteiger partial charge on any atom is -0.365 e. The van der Waals surface area contributed by atoms with Crippen LogP contribution >= 0.6 is 34.5 Å². The van der Waals surface area contributed by atoms with Gasteiger partial charge in [0, 0.05) is 0 Å². The summed E-state index contributed by atoms with van der Waals surface area (Å²) in [4.78, 5) is 10.9. The molecule has 5 heteroatoms. The highest BCUT2D eigenvalue weighted by molar-refractivity contribution is 7.18. The van der Waals surface area contributed by atoms with Gasteiger partial charge in [0.05, 0.1) is 9.90 Å². The zero-order valence-electron chi connectivity index (χ0n) is 4.73. The largest absolute Gasteiger partial charge is 0.365 e. The topological polar surface area (TPSA) is 43.1 Å². The quantitative estimate of drug-likeness (QED) is 0.734. The Hall–Kier alpha value is -0.250. The van der Waals surface area contributed by atoms with Crippen LogP contribution in [0.1, 0.15) is 9.67 Å². The Morgan fingerprint density at radius 3 is 2.40 bits per heavy atom. The van der Waals surface area contributed by atoms with Crippen LogP contribution in [0.2, 0.25) is 9.36 Å². The van der Waals surface area contributed by atoms with Crippen molar-refractivity contribution in [1.82, 2.24) is 0 Å². The summed E-state index contributed by atoms with van der Waals surface area (Å²) in [6.07, 6.45) is 0. The van der Waals surface area contributed by atoms with Gasteiger partial charge >= 0.3 is 0 Å². The second-order valence-electron chi connectivity index (χ2n) is 1.60. The average molecular weight is 196 g/mol. The van der Waals surface area contributed by atoms with Crippen molar-refractivity contribution in [3.05, 3.63) is 20.3 Å². The minimum absolute atomic E-state index is 0.375. The molecule has 0 unspecified atom stereocenters. The Labute approximate surface area is 71.5 Å². The summed E-state index contributed by atoms with van der Waals surface area (Å²) in [5, 5.41) is 0.375. The van der Waals surface area contributed by atoms with Crippen LogP contribution in [-0.2, 0) is 0 Å². The van der Waals surface area contributed by atoms with Crippen LogP contribution in [0.3, 0.4) is 0 Å². The number of rotatable bonds is 1. The Bertz CT molecular complexity index is 251. The Morgan fingerprint density at radius 1 is 1.60 bits per heavy atom. The monoisotopic (exact) mass is 195 g/mol. The molecule has 0 atom stereocenters. The molecule has 10 heavy (non-hydrogen) atoms. The molecule has 0 aliphatic carbocycles. The summed E-state index contributed by atoms with van der Waals surface area (Å²) in [5.74, 6) is -0.501. The number of amides is 1. The number of halogens is 2. The first-order chi connectivity index (χ1) is 4.61. The number of carbonyl (C=O) groups excluding carboxylic acids is 1. The second kappa shape index (κ2) is 2.78. The van der Waals surface area contributed by atoms with Crippen molar-refractivity contribution in [3.63, 3.8) is 0 Å². The molecule has 1 aromatic rings. The molecule has 0 saturated carbocycles. The van der Waals surface area contributed by atoms with Crippen molar-refractivity contribution in [2.45, 2.75) is 0 Å². The fraction of sp³-hybridized carbons (Fsp3) is 0. The molecule has 1 aromatic heterocycles. The molecule has 0 radical (unpaired) electrons. The normalized spacial score (nSPS) is 9.80. The van der Waals surface area contributed by atoms with Gasteiger partial charge in [-0.05, 0) is 6.07 Å². The maximum Gasteiger partial charge on any atom is 0.258 e. The molecule has 2 N–H and O–H groups in total. The predicted octanol–water partition coefficient (Wildman–Crippen LogP) is 2.15. The van der Waals surface area contributed by atoms with Crippen LogP contribution in [0.15, 0.2) is 6.07 Å². The van der Waals surface area contributed by atoms with E-state index in [1.165, 1.54) is 6.07 Å². The molecule has 0 aromatic carbocycles. The summed E-state index contributed by atoms with van der Waals surface area (Å²) in [7, 11) is 0. The molecule has 1 rings (SSSR count). The zero-order valence-corrected chi connectivity index (χ0v) is 7.06. The lowest BCUT2D eigenvalue weighted by molar-refractivity contribution is 0.100. The number of carbonyl (C=O) groups is 1. The standard InChI is InChI=1S/C5H3Cl2NOS/c6-2-1-3(5(8)9)10-4(2)7/h1H,(H2,8,9). The number of hydrogen-bond acceptors (Lipinski definition) is 2. The highest BCUT2D eigenvalue weighted by Gasteiger charge is 2.08. The first kappa shape index (κ1) is 7.85. The van der Waals surface area contributed by atoms with Crippen LogP contribution in [0.4, 0.5) is 0 Å². The minimum atomic E-state index is -0.501. The van der Waals surface area contributed by atoms with Crippen LogP contribution in [0.5, 0.6) is 0 Å². The molecule has 0 fully saturated rings. The number of hydrogen-bond donors (Lipinski definition) is 1. The van der Waals surface area contributed by atoms with Crippen LogP contribution < -0.4 is 5.73 Å². The first-order valence-electron chi connectivity index (χ1n) is 2.36. The molecule has 1 heterocycles. The van der Waals surface area contributed by atoms with Crippen molar-refractivity contribution in [3.8, 4) is 0 Å². The fourth-order valence-electron chi connectivity index (χ4n) is 0.468. The SMILES string of the molecule is NC(=O)c1cc(Cl)c(Cl)s1. The van der Waals surface area contributed by atoms with Gasteiger partial charge in [-0.25, -0.2) is 0 Å². The van der Waals surface area contributed by atoms with E-state index in [9.17, 15) is 4.79 Å². The predicted molar refractivity (Wildman–Crippen MR) is 42.9 cm³/mol. The maximum absolute atomic E-state index is 10.5. The van der Waals surface area contributed by atoms with E-state index in [2.05, 4.69) is 0 Å². The number of primary amides is 1. The lowest BCUT2D eigenvalue weighted by Gasteiger charge is -1.80. The molecule has 0 bridgehead atoms. The van der Waals surface area contributed by atoms with Crippen LogP contribution in [-0.4, -0.2) is 5.91 Å². The second-order valence-corrected chi connectivity index (χ2v) is 3.66. The number of nitrogens with two attached hydrogens (primary N) is 1. The van der Waals surface area contributed by atoms with Crippen molar-refractivity contribution < 1.29 is 4.79 Å². The molecule has 0 aliphatic heterocycles. The van der Waals surface area contributed by atoms with E-state index in [1.807, 2.05) is 0 Å². The van der Waals surface area contributed by atoms with E-state index < -0.39 is 5.91 Å². The van der Waals surface area contributed by atoms with Gasteiger partial charge in [0.1, 0.15) is 4.34 Å². The van der Waals surface area contributed by atoms with E-state index in [0.29, 0.717) is 14.2 Å². The van der Waals surface area contributed by atoms with Gasteiger partial charge in [-0.1, -0.05) is 23.2 Å². The van der Waals surface area contributed by atoms with Crippen LogP contribution in [0.25, 0.3) is 0 Å². The summed E-state index contributed by atoms with van der Waals surface area (Å²) in [6, 6.07) is 1.46. The lowest BCUT2D eigenvalue weighted by Crippen LogP contribution is -2.08. The molecule has 1 amide bonds. The average Bonchev–Trinajstić information content (AvgIpc) is 2.13. The molecule has 0 aliphatic rings. The zero-order chi connectivity index (χ0) is 7.72. The van der Waals surface area contributed by atoms with Gasteiger partial charge in [0.15, 0.2) is 0 Å². The maximum atomic E-state index is 10.5. The van der Waals surface area contributed by atoms with E-state index in [4.69, 9.17) is 28.9 Å². The highest BCUT2D eigenvalue weighted by atomic mass is 35.5. The fourth-order valence-corrected chi connectivity index (χ4v) is 1.69. The van der Waals surface area contributed by atoms with Gasteiger partial charge in [0.25, 0.3) is 5.91 Å². The summed E-state index contributed by atoms with van der Waals surface area (Å²) in [6.45, 7) is 0. The van der Waals surface area contributed by atoms with Crippen LogP contribution in [0, 0.1) is 0 Å². The van der Waals surface area contributed by atoms with Gasteiger partial charge in [-0.15, -0.1) is 11.3 Å². The number of thiophene rings is 1. The van der Waals surface area contributed by atoms with Gasteiger partial charge in [-0.2, -0.15) is 0 Å². The lowest BCUT2D eigenvalue weighted by atomic mass is 10.5. The van der Waals surface area contributed by atoms with Gasteiger partial charge < -0.3 is 5.73 Å². The first-order valence-corrected chi connectivity index (χ1v) is 3.93.